The Hall–Kier alpha value is -4.97. The van der Waals surface area contributed by atoms with E-state index in [1.165, 1.54) is 55.7 Å². The number of halogens is 1. The van der Waals surface area contributed by atoms with Gasteiger partial charge >= 0.3 is 5.97 Å². The van der Waals surface area contributed by atoms with Gasteiger partial charge in [-0.3, -0.25) is 9.59 Å². The summed E-state index contributed by atoms with van der Waals surface area (Å²) in [5.74, 6) is -1.94. The number of nitriles is 1. The van der Waals surface area contributed by atoms with Gasteiger partial charge in [0, 0.05) is 5.69 Å². The van der Waals surface area contributed by atoms with Crippen LogP contribution in [0.5, 0.6) is 5.75 Å². The zero-order valence-corrected chi connectivity index (χ0v) is 18.6. The number of hydrogen-bond donors (Lipinski definition) is 2. The Kier molecular flexibility index (Phi) is 8.29. The van der Waals surface area contributed by atoms with Crippen LogP contribution in [0.4, 0.5) is 15.8 Å². The van der Waals surface area contributed by atoms with Crippen molar-refractivity contribution in [1.29, 1.82) is 5.26 Å². The van der Waals surface area contributed by atoms with E-state index < -0.39 is 23.6 Å². The van der Waals surface area contributed by atoms with Crippen molar-refractivity contribution in [1.82, 2.24) is 0 Å². The second-order valence-electron chi connectivity index (χ2n) is 7.08. The normalized spacial score (nSPS) is 10.6. The van der Waals surface area contributed by atoms with Gasteiger partial charge in [0.1, 0.15) is 23.2 Å². The molecule has 2 N–H and O–H groups in total. The van der Waals surface area contributed by atoms with Gasteiger partial charge in [-0.2, -0.15) is 5.26 Å². The van der Waals surface area contributed by atoms with Gasteiger partial charge in [0.15, 0.2) is 6.61 Å². The molecule has 0 aliphatic heterocycles. The number of nitrogens with zero attached hydrogens (tertiary/aromatic N) is 1. The number of para-hydroxylation sites is 1. The van der Waals surface area contributed by atoms with Crippen LogP contribution in [-0.4, -0.2) is 31.5 Å². The maximum atomic E-state index is 13.6. The van der Waals surface area contributed by atoms with E-state index in [0.29, 0.717) is 22.6 Å². The first kappa shape index (κ1) is 24.7. The molecule has 0 atom stereocenters. The Morgan fingerprint density at radius 2 is 1.74 bits per heavy atom. The van der Waals surface area contributed by atoms with E-state index in [1.807, 2.05) is 6.07 Å². The molecule has 0 aromatic heterocycles. The third-order valence-electron chi connectivity index (χ3n) is 4.62. The Balaban J connectivity index is 1.63. The van der Waals surface area contributed by atoms with E-state index in [0.717, 1.165) is 0 Å². The number of rotatable bonds is 8. The highest BCUT2D eigenvalue weighted by Gasteiger charge is 2.12. The van der Waals surface area contributed by atoms with Crippen LogP contribution in [0.1, 0.15) is 15.9 Å². The quantitative estimate of drug-likeness (QED) is 0.288. The van der Waals surface area contributed by atoms with E-state index >= 15 is 0 Å². The summed E-state index contributed by atoms with van der Waals surface area (Å²) in [6.45, 7) is -0.366. The average molecular weight is 473 g/mol. The molecule has 8 nitrogen and oxygen atoms in total. The third kappa shape index (κ3) is 7.00. The largest absolute Gasteiger partial charge is 0.484 e. The van der Waals surface area contributed by atoms with Gasteiger partial charge in [0.05, 0.1) is 18.4 Å². The van der Waals surface area contributed by atoms with Gasteiger partial charge < -0.3 is 20.1 Å². The number of methoxy groups -OCH3 is 1. The standard InChI is InChI=1S/C26H20FN3O5/c1-34-26(33)18-9-11-20(12-10-18)29-25(32)19(15-28)13-17-5-4-6-21(14-17)35-16-24(31)30-23-8-3-2-7-22(23)27/h2-14H,16H2,1H3,(H,29,32)(H,30,31)/b19-13-. The molecular formula is C26H20FN3O5. The molecule has 35 heavy (non-hydrogen) atoms. The Bertz CT molecular complexity index is 1310. The van der Waals surface area contributed by atoms with Gasteiger partial charge in [-0.15, -0.1) is 0 Å². The SMILES string of the molecule is COC(=O)c1ccc(NC(=O)/C(C#N)=C\c2cccc(OCC(=O)Nc3ccccc3F)c2)cc1. The topological polar surface area (TPSA) is 118 Å². The van der Waals surface area contributed by atoms with E-state index in [2.05, 4.69) is 15.4 Å². The van der Waals surface area contributed by atoms with Crippen LogP contribution in [0.3, 0.4) is 0 Å². The summed E-state index contributed by atoms with van der Waals surface area (Å²) in [7, 11) is 1.27. The predicted octanol–water partition coefficient (Wildman–Crippen LogP) is 4.18. The molecule has 0 aliphatic rings. The smallest absolute Gasteiger partial charge is 0.337 e. The van der Waals surface area contributed by atoms with Gasteiger partial charge in [-0.1, -0.05) is 24.3 Å². The van der Waals surface area contributed by atoms with Crippen LogP contribution < -0.4 is 15.4 Å². The number of carbonyl (C=O) groups is 3. The minimum absolute atomic E-state index is 0.0439. The molecule has 0 saturated carbocycles. The Morgan fingerprint density at radius 1 is 1.00 bits per heavy atom. The zero-order chi connectivity index (χ0) is 25.2. The van der Waals surface area contributed by atoms with Crippen molar-refractivity contribution in [2.75, 3.05) is 24.4 Å². The van der Waals surface area contributed by atoms with Crippen LogP contribution in [0.2, 0.25) is 0 Å². The minimum Gasteiger partial charge on any atom is -0.484 e. The van der Waals surface area contributed by atoms with Gasteiger partial charge in [-0.05, 0) is 60.2 Å². The van der Waals surface area contributed by atoms with E-state index in [9.17, 15) is 24.0 Å². The van der Waals surface area contributed by atoms with Crippen LogP contribution in [-0.2, 0) is 14.3 Å². The fourth-order valence-corrected chi connectivity index (χ4v) is 2.91. The molecular weight excluding hydrogens is 453 g/mol. The molecule has 3 aromatic carbocycles. The molecule has 176 valence electrons. The monoisotopic (exact) mass is 473 g/mol. The second-order valence-corrected chi connectivity index (χ2v) is 7.08. The number of esters is 1. The van der Waals surface area contributed by atoms with Crippen molar-refractivity contribution in [2.24, 2.45) is 0 Å². The highest BCUT2D eigenvalue weighted by atomic mass is 19.1. The van der Waals surface area contributed by atoms with Gasteiger partial charge in [0.2, 0.25) is 0 Å². The lowest BCUT2D eigenvalue weighted by molar-refractivity contribution is -0.118. The highest BCUT2D eigenvalue weighted by Crippen LogP contribution is 2.18. The summed E-state index contributed by atoms with van der Waals surface area (Å²) in [5, 5.41) is 14.4. The maximum absolute atomic E-state index is 13.6. The van der Waals surface area contributed by atoms with Gasteiger partial charge in [0.25, 0.3) is 11.8 Å². The predicted molar refractivity (Wildman–Crippen MR) is 127 cm³/mol. The average Bonchev–Trinajstić information content (AvgIpc) is 2.87. The third-order valence-corrected chi connectivity index (χ3v) is 4.62. The van der Waals surface area contributed by atoms with Crippen molar-refractivity contribution in [3.8, 4) is 11.8 Å². The van der Waals surface area contributed by atoms with Crippen LogP contribution in [0, 0.1) is 17.1 Å². The molecule has 0 heterocycles. The summed E-state index contributed by atoms with van der Waals surface area (Å²) in [4.78, 5) is 36.1. The molecule has 0 spiro atoms. The van der Waals surface area contributed by atoms with Crippen LogP contribution in [0.15, 0.2) is 78.4 Å². The lowest BCUT2D eigenvalue weighted by Gasteiger charge is -2.09. The van der Waals surface area contributed by atoms with Crippen molar-refractivity contribution >= 4 is 35.2 Å². The lowest BCUT2D eigenvalue weighted by atomic mass is 10.1. The van der Waals surface area contributed by atoms with E-state index in [-0.39, 0.29) is 17.9 Å². The second kappa shape index (κ2) is 11.8. The molecule has 3 rings (SSSR count). The summed E-state index contributed by atoms with van der Waals surface area (Å²) in [6.07, 6.45) is 1.37. The molecule has 0 saturated heterocycles. The molecule has 9 heteroatoms. The lowest BCUT2D eigenvalue weighted by Crippen LogP contribution is -2.20. The number of amides is 2. The highest BCUT2D eigenvalue weighted by molar-refractivity contribution is 6.09. The molecule has 0 bridgehead atoms. The molecule has 0 unspecified atom stereocenters. The van der Waals surface area contributed by atoms with Crippen molar-refractivity contribution in [3.05, 3.63) is 95.3 Å². The number of anilines is 2. The number of benzene rings is 3. The maximum Gasteiger partial charge on any atom is 0.337 e. The summed E-state index contributed by atoms with van der Waals surface area (Å²) < 4.78 is 23.7. The number of carbonyl (C=O) groups excluding carboxylic acids is 3. The van der Waals surface area contributed by atoms with Crippen molar-refractivity contribution in [2.45, 2.75) is 0 Å². The fourth-order valence-electron chi connectivity index (χ4n) is 2.91. The number of ether oxygens (including phenoxy) is 2. The number of nitrogens with one attached hydrogen (secondary N) is 2. The molecule has 0 aliphatic carbocycles. The summed E-state index contributed by atoms with van der Waals surface area (Å²) >= 11 is 0. The zero-order valence-electron chi connectivity index (χ0n) is 18.6. The van der Waals surface area contributed by atoms with Gasteiger partial charge in [-0.25, -0.2) is 9.18 Å². The molecule has 2 amide bonds. The summed E-state index contributed by atoms with van der Waals surface area (Å²) in [5.41, 5.74) is 1.08. The summed E-state index contributed by atoms with van der Waals surface area (Å²) in [6, 6.07) is 20.0. The first-order chi connectivity index (χ1) is 16.9. The van der Waals surface area contributed by atoms with Crippen molar-refractivity contribution < 1.29 is 28.2 Å². The van der Waals surface area contributed by atoms with Crippen molar-refractivity contribution in [3.63, 3.8) is 0 Å². The molecule has 0 fully saturated rings. The molecule has 0 radical (unpaired) electrons. The fraction of sp³-hybridized carbons (Fsp3) is 0.0769. The first-order valence-corrected chi connectivity index (χ1v) is 10.3. The first-order valence-electron chi connectivity index (χ1n) is 10.3. The number of hydrogen-bond acceptors (Lipinski definition) is 6. The van der Waals surface area contributed by atoms with E-state index in [1.54, 1.807) is 30.3 Å². The Morgan fingerprint density at radius 3 is 2.43 bits per heavy atom. The minimum atomic E-state index is -0.645. The van der Waals surface area contributed by atoms with Crippen LogP contribution in [0.25, 0.3) is 6.08 Å². The van der Waals surface area contributed by atoms with Crippen LogP contribution >= 0.6 is 0 Å². The Labute approximate surface area is 200 Å². The molecule has 3 aromatic rings. The van der Waals surface area contributed by atoms with E-state index in [4.69, 9.17) is 4.74 Å².